The van der Waals surface area contributed by atoms with Crippen LogP contribution in [0.2, 0.25) is 0 Å². The summed E-state index contributed by atoms with van der Waals surface area (Å²) in [7, 11) is 0. The summed E-state index contributed by atoms with van der Waals surface area (Å²) in [5, 5.41) is 6.47. The van der Waals surface area contributed by atoms with E-state index in [0.29, 0.717) is 28.4 Å². The van der Waals surface area contributed by atoms with Gasteiger partial charge in [-0.15, -0.1) is 16.4 Å². The average Bonchev–Trinajstić information content (AvgIpc) is 3.61. The van der Waals surface area contributed by atoms with Crippen LogP contribution in [0, 0.1) is 13.8 Å². The highest BCUT2D eigenvalue weighted by Crippen LogP contribution is 2.23. The van der Waals surface area contributed by atoms with Crippen LogP contribution in [0.1, 0.15) is 48.2 Å². The number of hydrogen-bond acceptors (Lipinski definition) is 4. The fourth-order valence-corrected chi connectivity index (χ4v) is 5.88. The van der Waals surface area contributed by atoms with Crippen molar-refractivity contribution < 1.29 is 18.0 Å². The van der Waals surface area contributed by atoms with Gasteiger partial charge in [0.1, 0.15) is 6.33 Å². The third-order valence-corrected chi connectivity index (χ3v) is 8.07. The molecule has 0 saturated heterocycles. The topological polar surface area (TPSA) is 77.4 Å². The molecule has 2 aromatic heterocycles. The zero-order chi connectivity index (χ0) is 32.1. The summed E-state index contributed by atoms with van der Waals surface area (Å²) in [6.45, 7) is 8.02. The second kappa shape index (κ2) is 13.6. The largest absolute Gasteiger partial charge is 0.393 e. The molecule has 232 valence electrons. The van der Waals surface area contributed by atoms with Crippen molar-refractivity contribution in [2.45, 2.75) is 59.6 Å². The zero-order valence-electron chi connectivity index (χ0n) is 25.5. The Morgan fingerprint density at radius 2 is 1.69 bits per heavy atom. The zero-order valence-corrected chi connectivity index (χ0v) is 26.3. The lowest BCUT2D eigenvalue weighted by atomic mass is 10.1. The van der Waals surface area contributed by atoms with Gasteiger partial charge in [0.15, 0.2) is 10.6 Å². The first kappa shape index (κ1) is 31.8. The molecule has 7 nitrogen and oxygen atoms in total. The predicted octanol–water partition coefficient (Wildman–Crippen LogP) is 8.18. The minimum atomic E-state index is -4.25. The highest BCUT2D eigenvalue weighted by Gasteiger charge is 2.27. The van der Waals surface area contributed by atoms with Gasteiger partial charge in [-0.3, -0.25) is 4.57 Å². The first-order chi connectivity index (χ1) is 21.5. The van der Waals surface area contributed by atoms with Crippen LogP contribution in [0.3, 0.4) is 0 Å². The van der Waals surface area contributed by atoms with E-state index in [1.165, 1.54) is 40.0 Å². The van der Waals surface area contributed by atoms with E-state index in [0.717, 1.165) is 40.9 Å². The number of aryl methyl sites for hydroxylation is 3. The molecule has 0 aliphatic carbocycles. The van der Waals surface area contributed by atoms with Crippen molar-refractivity contribution in [3.05, 3.63) is 111 Å². The van der Waals surface area contributed by atoms with Crippen LogP contribution in [-0.2, 0) is 19.3 Å². The molecule has 45 heavy (non-hydrogen) atoms. The van der Waals surface area contributed by atoms with Crippen LogP contribution in [0.25, 0.3) is 22.8 Å². The fraction of sp³-hybridized carbons (Fsp3) is 0.265. The molecule has 0 fully saturated rings. The number of benzene rings is 3. The molecule has 0 bridgehead atoms. The number of amides is 2. The smallest absolute Gasteiger partial charge is 0.289 e. The highest BCUT2D eigenvalue weighted by molar-refractivity contribution is 7.07. The van der Waals surface area contributed by atoms with Crippen molar-refractivity contribution in [3.63, 3.8) is 0 Å². The summed E-state index contributed by atoms with van der Waals surface area (Å²) < 4.78 is 41.5. The van der Waals surface area contributed by atoms with Crippen molar-refractivity contribution in [1.29, 1.82) is 0 Å². The predicted molar refractivity (Wildman–Crippen MR) is 171 cm³/mol. The van der Waals surface area contributed by atoms with Crippen molar-refractivity contribution in [1.82, 2.24) is 19.3 Å². The number of alkyl halides is 3. The summed E-state index contributed by atoms with van der Waals surface area (Å²) >= 11 is 1.42. The third-order valence-electron chi connectivity index (χ3n) is 7.13. The number of nitrogens with zero attached hydrogens (tertiary/aromatic N) is 6. The number of carbonyl (C=O) groups excluding carboxylic acids is 1. The van der Waals surface area contributed by atoms with E-state index in [2.05, 4.69) is 52.1 Å². The van der Waals surface area contributed by atoms with Crippen molar-refractivity contribution >= 4 is 23.1 Å². The van der Waals surface area contributed by atoms with Gasteiger partial charge in [-0.05, 0) is 67.6 Å². The van der Waals surface area contributed by atoms with Gasteiger partial charge >= 0.3 is 12.2 Å². The van der Waals surface area contributed by atoms with Crippen molar-refractivity contribution in [3.8, 4) is 22.8 Å². The van der Waals surface area contributed by atoms with Crippen molar-refractivity contribution in [2.24, 2.45) is 9.98 Å². The Balaban J connectivity index is 1.27. The van der Waals surface area contributed by atoms with Gasteiger partial charge in [-0.1, -0.05) is 61.9 Å². The quantitative estimate of drug-likeness (QED) is 0.162. The molecule has 0 aliphatic rings. The van der Waals surface area contributed by atoms with Crippen LogP contribution in [0.5, 0.6) is 0 Å². The van der Waals surface area contributed by atoms with Crippen LogP contribution in [-0.4, -0.2) is 37.3 Å². The van der Waals surface area contributed by atoms with E-state index < -0.39 is 18.6 Å². The Bertz CT molecular complexity index is 1900. The fourth-order valence-electron chi connectivity index (χ4n) is 5.02. The standard InChI is InChI=1S/C34H33F3N6OS/c1-5-6-27-12-7-22(2)17-30(27)43-24(4)20-45-33(43)40-32(44)39-23(3)18-25-8-13-28(14-9-25)31-38-21-42(41-31)29-15-10-26(11-16-29)19-34(35,36)37/h7-17,20-21H,5-6,18-19H2,1-4H3. The van der Waals surface area contributed by atoms with Crippen LogP contribution in [0.15, 0.2) is 88.4 Å². The number of aliphatic imine (C=N–C) groups is 1. The number of thiazole rings is 1. The lowest BCUT2D eigenvalue weighted by molar-refractivity contribution is -0.127. The number of rotatable bonds is 8. The van der Waals surface area contributed by atoms with E-state index >= 15 is 0 Å². The Kier molecular flexibility index (Phi) is 9.57. The van der Waals surface area contributed by atoms with Gasteiger partial charge in [-0.2, -0.15) is 18.2 Å². The molecule has 0 N–H and O–H groups in total. The van der Waals surface area contributed by atoms with E-state index in [9.17, 15) is 18.0 Å². The number of halogens is 3. The molecule has 0 unspecified atom stereocenters. The molecule has 3 aromatic carbocycles. The van der Waals surface area contributed by atoms with E-state index in [-0.39, 0.29) is 5.56 Å². The molecule has 0 atom stereocenters. The second-order valence-corrected chi connectivity index (χ2v) is 11.8. The number of urea groups is 1. The molecule has 0 saturated carbocycles. The van der Waals surface area contributed by atoms with Gasteiger partial charge in [0.25, 0.3) is 0 Å². The lowest BCUT2D eigenvalue weighted by Gasteiger charge is -2.13. The van der Waals surface area contributed by atoms with Crippen LogP contribution >= 0.6 is 11.3 Å². The van der Waals surface area contributed by atoms with Gasteiger partial charge in [-0.25, -0.2) is 19.5 Å². The maximum Gasteiger partial charge on any atom is 0.393 e. The first-order valence-corrected chi connectivity index (χ1v) is 15.4. The normalized spacial score (nSPS) is 12.6. The summed E-state index contributed by atoms with van der Waals surface area (Å²) in [5.74, 6) is 0.482. The SMILES string of the molecule is CCCc1ccc(C)cc1-n1c(C)csc1=NC(=O)N=C(C)Cc1ccc(-c2ncn(-c3ccc(CC(F)(F)F)cc3)n2)cc1. The first-order valence-electron chi connectivity index (χ1n) is 14.6. The molecule has 5 aromatic rings. The van der Waals surface area contributed by atoms with Gasteiger partial charge < -0.3 is 0 Å². The van der Waals surface area contributed by atoms with E-state index in [1.807, 2.05) is 41.1 Å². The summed E-state index contributed by atoms with van der Waals surface area (Å²) in [6.07, 6.45) is -1.29. The third kappa shape index (κ3) is 8.10. The molecule has 2 amide bonds. The number of carbonyl (C=O) groups is 1. The average molecular weight is 631 g/mol. The van der Waals surface area contributed by atoms with Gasteiger partial charge in [0.2, 0.25) is 0 Å². The molecule has 0 radical (unpaired) electrons. The lowest BCUT2D eigenvalue weighted by Crippen LogP contribution is -2.18. The van der Waals surface area contributed by atoms with E-state index in [1.54, 1.807) is 19.1 Å². The molecule has 0 spiro atoms. The minimum absolute atomic E-state index is 0.185. The van der Waals surface area contributed by atoms with Gasteiger partial charge in [0.05, 0.1) is 17.8 Å². The van der Waals surface area contributed by atoms with Crippen LogP contribution < -0.4 is 4.80 Å². The number of aromatic nitrogens is 4. The molecule has 5 rings (SSSR count). The molecule has 0 aliphatic heterocycles. The minimum Gasteiger partial charge on any atom is -0.289 e. The summed E-state index contributed by atoms with van der Waals surface area (Å²) in [6, 6.07) is 19.5. The monoisotopic (exact) mass is 630 g/mol. The highest BCUT2D eigenvalue weighted by atomic mass is 32.1. The molecular formula is C34H33F3N6OS. The molecule has 2 heterocycles. The van der Waals surface area contributed by atoms with Crippen LogP contribution in [0.4, 0.5) is 18.0 Å². The summed E-state index contributed by atoms with van der Waals surface area (Å²) in [4.78, 5) is 26.4. The van der Waals surface area contributed by atoms with Gasteiger partial charge in [0, 0.05) is 28.8 Å². The summed E-state index contributed by atoms with van der Waals surface area (Å²) in [5.41, 5.74) is 7.57. The van der Waals surface area contributed by atoms with E-state index in [4.69, 9.17) is 0 Å². The molecular weight excluding hydrogens is 597 g/mol. The maximum absolute atomic E-state index is 12.9. The molecule has 11 heteroatoms. The Morgan fingerprint density at radius 3 is 2.38 bits per heavy atom. The Morgan fingerprint density at radius 1 is 0.978 bits per heavy atom. The Labute approximate surface area is 263 Å². The van der Waals surface area contributed by atoms with Crippen molar-refractivity contribution in [2.75, 3.05) is 0 Å². The Hall–Kier alpha value is -4.64. The number of hydrogen-bond donors (Lipinski definition) is 0. The maximum atomic E-state index is 12.9. The second-order valence-electron chi connectivity index (χ2n) is 11.0.